The summed E-state index contributed by atoms with van der Waals surface area (Å²) in [5, 5.41) is 9.12. The molecule has 0 aliphatic rings. The third-order valence-corrected chi connectivity index (χ3v) is 1.99. The van der Waals surface area contributed by atoms with Crippen molar-refractivity contribution in [2.75, 3.05) is 5.88 Å². The van der Waals surface area contributed by atoms with Crippen molar-refractivity contribution in [3.05, 3.63) is 0 Å². The van der Waals surface area contributed by atoms with Crippen molar-refractivity contribution in [2.45, 2.75) is 39.2 Å². The first-order valence-electron chi connectivity index (χ1n) is 3.94. The SMILES string of the molecule is CCCC(C)CC(O)CCl. The molecule has 0 radical (unpaired) electrons. The maximum Gasteiger partial charge on any atom is 0.0678 e. The lowest BCUT2D eigenvalue weighted by atomic mass is 10.00. The zero-order chi connectivity index (χ0) is 7.98. The average Bonchev–Trinajstić information content (AvgIpc) is 1.88. The van der Waals surface area contributed by atoms with Crippen LogP contribution in [0.4, 0.5) is 0 Å². The Hall–Kier alpha value is 0.250. The predicted molar refractivity (Wildman–Crippen MR) is 45.4 cm³/mol. The van der Waals surface area contributed by atoms with Gasteiger partial charge in [0, 0.05) is 5.88 Å². The van der Waals surface area contributed by atoms with Crippen LogP contribution in [0.3, 0.4) is 0 Å². The molecule has 0 saturated heterocycles. The molecule has 1 nitrogen and oxygen atoms in total. The van der Waals surface area contributed by atoms with E-state index < -0.39 is 0 Å². The Morgan fingerprint density at radius 3 is 2.50 bits per heavy atom. The molecule has 0 fully saturated rings. The number of halogens is 1. The van der Waals surface area contributed by atoms with Crippen molar-refractivity contribution in [3.8, 4) is 0 Å². The van der Waals surface area contributed by atoms with Crippen LogP contribution < -0.4 is 0 Å². The molecule has 10 heavy (non-hydrogen) atoms. The lowest BCUT2D eigenvalue weighted by Crippen LogP contribution is -2.12. The van der Waals surface area contributed by atoms with Crippen LogP contribution >= 0.6 is 11.6 Å². The van der Waals surface area contributed by atoms with E-state index in [2.05, 4.69) is 13.8 Å². The van der Waals surface area contributed by atoms with Crippen molar-refractivity contribution < 1.29 is 5.11 Å². The summed E-state index contributed by atoms with van der Waals surface area (Å²) in [6.45, 7) is 4.31. The van der Waals surface area contributed by atoms with Gasteiger partial charge in [0.25, 0.3) is 0 Å². The minimum absolute atomic E-state index is 0.303. The molecule has 0 rings (SSSR count). The highest BCUT2D eigenvalue weighted by atomic mass is 35.5. The first kappa shape index (κ1) is 10.2. The highest BCUT2D eigenvalue weighted by Gasteiger charge is 2.07. The predicted octanol–water partition coefficient (Wildman–Crippen LogP) is 2.41. The van der Waals surface area contributed by atoms with Gasteiger partial charge >= 0.3 is 0 Å². The van der Waals surface area contributed by atoms with E-state index in [9.17, 15) is 0 Å². The third-order valence-electron chi connectivity index (χ3n) is 1.63. The van der Waals surface area contributed by atoms with Gasteiger partial charge in [-0.3, -0.25) is 0 Å². The normalized spacial score (nSPS) is 16.8. The fraction of sp³-hybridized carbons (Fsp3) is 1.00. The molecular formula is C8H17ClO. The Labute approximate surface area is 68.4 Å². The second kappa shape index (κ2) is 5.99. The number of rotatable bonds is 5. The number of hydrogen-bond donors (Lipinski definition) is 1. The number of aliphatic hydroxyl groups is 1. The van der Waals surface area contributed by atoms with Gasteiger partial charge in [-0.1, -0.05) is 26.7 Å². The quantitative estimate of drug-likeness (QED) is 0.619. The van der Waals surface area contributed by atoms with Crippen LogP contribution in [0.1, 0.15) is 33.1 Å². The van der Waals surface area contributed by atoms with Crippen molar-refractivity contribution in [3.63, 3.8) is 0 Å². The molecule has 0 aromatic rings. The lowest BCUT2D eigenvalue weighted by molar-refractivity contribution is 0.164. The molecule has 0 aromatic heterocycles. The Balaban J connectivity index is 3.27. The Morgan fingerprint density at radius 1 is 1.50 bits per heavy atom. The number of hydrogen-bond acceptors (Lipinski definition) is 1. The van der Waals surface area contributed by atoms with Crippen LogP contribution in [0.25, 0.3) is 0 Å². The van der Waals surface area contributed by atoms with Crippen LogP contribution in [0, 0.1) is 5.92 Å². The van der Waals surface area contributed by atoms with Gasteiger partial charge in [-0.05, 0) is 12.3 Å². The molecular weight excluding hydrogens is 148 g/mol. The topological polar surface area (TPSA) is 20.2 Å². The van der Waals surface area contributed by atoms with Gasteiger partial charge in [0.05, 0.1) is 6.10 Å². The molecule has 0 saturated carbocycles. The molecule has 0 bridgehead atoms. The lowest BCUT2D eigenvalue weighted by Gasteiger charge is -2.12. The minimum atomic E-state index is -0.303. The summed E-state index contributed by atoms with van der Waals surface area (Å²) in [7, 11) is 0. The molecule has 2 heteroatoms. The van der Waals surface area contributed by atoms with E-state index in [0.29, 0.717) is 11.8 Å². The zero-order valence-electron chi connectivity index (χ0n) is 6.81. The Kier molecular flexibility index (Phi) is 6.14. The van der Waals surface area contributed by atoms with E-state index in [1.54, 1.807) is 0 Å². The van der Waals surface area contributed by atoms with Crippen LogP contribution in [0.15, 0.2) is 0 Å². The highest BCUT2D eigenvalue weighted by Crippen LogP contribution is 2.12. The molecule has 0 amide bonds. The van der Waals surface area contributed by atoms with Gasteiger partial charge < -0.3 is 5.11 Å². The summed E-state index contributed by atoms with van der Waals surface area (Å²) in [6, 6.07) is 0. The zero-order valence-corrected chi connectivity index (χ0v) is 7.56. The summed E-state index contributed by atoms with van der Waals surface area (Å²) < 4.78 is 0. The Morgan fingerprint density at radius 2 is 2.10 bits per heavy atom. The van der Waals surface area contributed by atoms with Crippen LogP contribution in [0.2, 0.25) is 0 Å². The summed E-state index contributed by atoms with van der Waals surface area (Å²) in [4.78, 5) is 0. The van der Waals surface area contributed by atoms with Crippen LogP contribution in [0.5, 0.6) is 0 Å². The summed E-state index contributed by atoms with van der Waals surface area (Å²) in [5.74, 6) is 0.979. The maximum atomic E-state index is 9.12. The van der Waals surface area contributed by atoms with E-state index in [1.165, 1.54) is 12.8 Å². The van der Waals surface area contributed by atoms with Gasteiger partial charge in [0.1, 0.15) is 0 Å². The van der Waals surface area contributed by atoms with Gasteiger partial charge in [-0.2, -0.15) is 0 Å². The molecule has 1 N–H and O–H groups in total. The largest absolute Gasteiger partial charge is 0.392 e. The first-order valence-corrected chi connectivity index (χ1v) is 4.48. The summed E-state index contributed by atoms with van der Waals surface area (Å²) in [6.07, 6.45) is 2.92. The smallest absolute Gasteiger partial charge is 0.0678 e. The van der Waals surface area contributed by atoms with E-state index in [-0.39, 0.29) is 6.10 Å². The fourth-order valence-corrected chi connectivity index (χ4v) is 1.26. The molecule has 0 spiro atoms. The second-order valence-electron chi connectivity index (χ2n) is 2.94. The van der Waals surface area contributed by atoms with E-state index >= 15 is 0 Å². The molecule has 0 aromatic carbocycles. The molecule has 0 aliphatic heterocycles. The standard InChI is InChI=1S/C8H17ClO/c1-3-4-7(2)5-8(10)6-9/h7-8,10H,3-6H2,1-2H3. The van der Waals surface area contributed by atoms with Crippen molar-refractivity contribution in [1.29, 1.82) is 0 Å². The third kappa shape index (κ3) is 5.07. The van der Waals surface area contributed by atoms with E-state index in [4.69, 9.17) is 16.7 Å². The van der Waals surface area contributed by atoms with Crippen molar-refractivity contribution >= 4 is 11.6 Å². The molecule has 2 atom stereocenters. The number of aliphatic hydroxyl groups excluding tert-OH is 1. The second-order valence-corrected chi connectivity index (χ2v) is 3.25. The molecule has 0 heterocycles. The monoisotopic (exact) mass is 164 g/mol. The van der Waals surface area contributed by atoms with Gasteiger partial charge in [-0.15, -0.1) is 11.6 Å². The Bertz CT molecular complexity index is 75.7. The van der Waals surface area contributed by atoms with Crippen molar-refractivity contribution in [1.82, 2.24) is 0 Å². The maximum absolute atomic E-state index is 9.12. The first-order chi connectivity index (χ1) is 4.70. The summed E-state index contributed by atoms with van der Waals surface area (Å²) >= 11 is 5.45. The average molecular weight is 165 g/mol. The van der Waals surface area contributed by atoms with E-state index in [0.717, 1.165) is 6.42 Å². The minimum Gasteiger partial charge on any atom is -0.392 e. The van der Waals surface area contributed by atoms with Crippen LogP contribution in [-0.4, -0.2) is 17.1 Å². The van der Waals surface area contributed by atoms with Gasteiger partial charge in [0.15, 0.2) is 0 Å². The van der Waals surface area contributed by atoms with E-state index in [1.807, 2.05) is 0 Å². The van der Waals surface area contributed by atoms with Crippen LogP contribution in [-0.2, 0) is 0 Å². The fourth-order valence-electron chi connectivity index (χ4n) is 1.14. The molecule has 0 aliphatic carbocycles. The molecule has 2 unspecified atom stereocenters. The molecule has 62 valence electrons. The summed E-state index contributed by atoms with van der Waals surface area (Å²) in [5.41, 5.74) is 0. The highest BCUT2D eigenvalue weighted by molar-refractivity contribution is 6.18. The van der Waals surface area contributed by atoms with Crippen molar-refractivity contribution in [2.24, 2.45) is 5.92 Å². The number of alkyl halides is 1. The van der Waals surface area contributed by atoms with Gasteiger partial charge in [-0.25, -0.2) is 0 Å². The van der Waals surface area contributed by atoms with Gasteiger partial charge in [0.2, 0.25) is 0 Å².